The first-order valence-corrected chi connectivity index (χ1v) is 7.27. The van der Waals surface area contributed by atoms with Crippen LogP contribution in [-0.2, 0) is 0 Å². The van der Waals surface area contributed by atoms with Crippen molar-refractivity contribution in [2.75, 3.05) is 6.54 Å². The smallest absolute Gasteiger partial charge is 0.131 e. The molecule has 2 aromatic rings. The van der Waals surface area contributed by atoms with Gasteiger partial charge in [0.05, 0.1) is 6.04 Å². The molecule has 2 rings (SSSR count). The number of nitrogens with one attached hydrogen (secondary N) is 1. The Kier molecular flexibility index (Phi) is 4.89. The Morgan fingerprint density at radius 2 is 1.80 bits per heavy atom. The Morgan fingerprint density at radius 3 is 2.40 bits per heavy atom. The number of halogens is 3. The zero-order valence-corrected chi connectivity index (χ0v) is 13.0. The SMILES string of the molecule is CCNC(c1cc(Br)ccc1C)c1c(F)cccc1F. The highest BCUT2D eigenvalue weighted by Crippen LogP contribution is 2.30. The minimum Gasteiger partial charge on any atom is -0.306 e. The Bertz CT molecular complexity index is 593. The largest absolute Gasteiger partial charge is 0.306 e. The molecule has 0 fully saturated rings. The van der Waals surface area contributed by atoms with E-state index >= 15 is 0 Å². The Labute approximate surface area is 126 Å². The van der Waals surface area contributed by atoms with Gasteiger partial charge < -0.3 is 5.32 Å². The zero-order valence-electron chi connectivity index (χ0n) is 11.4. The van der Waals surface area contributed by atoms with Crippen LogP contribution < -0.4 is 5.32 Å². The second kappa shape index (κ2) is 6.46. The van der Waals surface area contributed by atoms with Gasteiger partial charge in [-0.05, 0) is 48.9 Å². The fourth-order valence-corrected chi connectivity index (χ4v) is 2.66. The molecule has 0 aliphatic rings. The maximum absolute atomic E-state index is 14.1. The van der Waals surface area contributed by atoms with E-state index in [1.165, 1.54) is 18.2 Å². The summed E-state index contributed by atoms with van der Waals surface area (Å²) in [6, 6.07) is 9.20. The summed E-state index contributed by atoms with van der Waals surface area (Å²) in [7, 11) is 0. The molecule has 0 spiro atoms. The highest BCUT2D eigenvalue weighted by atomic mass is 79.9. The van der Waals surface area contributed by atoms with Crippen LogP contribution in [0.5, 0.6) is 0 Å². The molecule has 0 aliphatic heterocycles. The summed E-state index contributed by atoms with van der Waals surface area (Å²) >= 11 is 3.41. The van der Waals surface area contributed by atoms with Crippen LogP contribution >= 0.6 is 15.9 Å². The molecule has 0 amide bonds. The number of benzene rings is 2. The molecule has 2 aromatic carbocycles. The average Bonchev–Trinajstić information content (AvgIpc) is 2.40. The van der Waals surface area contributed by atoms with Crippen molar-refractivity contribution in [1.29, 1.82) is 0 Å². The quantitative estimate of drug-likeness (QED) is 0.848. The monoisotopic (exact) mass is 339 g/mol. The van der Waals surface area contributed by atoms with Crippen molar-refractivity contribution < 1.29 is 8.78 Å². The van der Waals surface area contributed by atoms with Crippen molar-refractivity contribution in [3.63, 3.8) is 0 Å². The second-order valence-corrected chi connectivity index (χ2v) is 5.54. The van der Waals surface area contributed by atoms with E-state index in [1.807, 2.05) is 32.0 Å². The standard InChI is InChI=1S/C16H16BrF2N/c1-3-20-16(12-9-11(17)8-7-10(12)2)15-13(18)5-4-6-14(15)19/h4-9,16,20H,3H2,1-2H3. The van der Waals surface area contributed by atoms with Crippen LogP contribution in [0.2, 0.25) is 0 Å². The average molecular weight is 340 g/mol. The molecule has 1 N–H and O–H groups in total. The minimum atomic E-state index is -0.532. The molecule has 1 nitrogen and oxygen atoms in total. The highest BCUT2D eigenvalue weighted by molar-refractivity contribution is 9.10. The molecule has 0 radical (unpaired) electrons. The van der Waals surface area contributed by atoms with E-state index in [9.17, 15) is 8.78 Å². The van der Waals surface area contributed by atoms with Gasteiger partial charge in [0.1, 0.15) is 11.6 Å². The number of hydrogen-bond acceptors (Lipinski definition) is 1. The molecule has 106 valence electrons. The molecule has 1 unspecified atom stereocenters. The summed E-state index contributed by atoms with van der Waals surface area (Å²) in [5.74, 6) is -1.06. The molecule has 20 heavy (non-hydrogen) atoms. The van der Waals surface area contributed by atoms with Crippen LogP contribution in [0.25, 0.3) is 0 Å². The number of rotatable bonds is 4. The molecule has 4 heteroatoms. The van der Waals surface area contributed by atoms with Gasteiger partial charge in [-0.1, -0.05) is 35.0 Å². The lowest BCUT2D eigenvalue weighted by Gasteiger charge is -2.22. The predicted molar refractivity (Wildman–Crippen MR) is 80.8 cm³/mol. The lowest BCUT2D eigenvalue weighted by atomic mass is 9.94. The van der Waals surface area contributed by atoms with Crippen molar-refractivity contribution >= 4 is 15.9 Å². The van der Waals surface area contributed by atoms with E-state index in [0.717, 1.165) is 15.6 Å². The second-order valence-electron chi connectivity index (χ2n) is 4.63. The van der Waals surface area contributed by atoms with Crippen LogP contribution in [0.3, 0.4) is 0 Å². The van der Waals surface area contributed by atoms with E-state index in [4.69, 9.17) is 0 Å². The molecular weight excluding hydrogens is 324 g/mol. The molecule has 1 atom stereocenters. The predicted octanol–water partition coefficient (Wildman–Crippen LogP) is 4.73. The summed E-state index contributed by atoms with van der Waals surface area (Å²) in [6.07, 6.45) is 0. The first-order chi connectivity index (χ1) is 9.54. The van der Waals surface area contributed by atoms with Crippen LogP contribution in [0.1, 0.15) is 29.7 Å². The van der Waals surface area contributed by atoms with Crippen LogP contribution in [0.15, 0.2) is 40.9 Å². The molecule has 0 saturated heterocycles. The van der Waals surface area contributed by atoms with Gasteiger partial charge in [-0.25, -0.2) is 8.78 Å². The van der Waals surface area contributed by atoms with Crippen LogP contribution in [-0.4, -0.2) is 6.54 Å². The van der Waals surface area contributed by atoms with Gasteiger partial charge in [0.2, 0.25) is 0 Å². The fraction of sp³-hybridized carbons (Fsp3) is 0.250. The molecular formula is C16H16BrF2N. The van der Waals surface area contributed by atoms with Crippen LogP contribution in [0.4, 0.5) is 8.78 Å². The van der Waals surface area contributed by atoms with Crippen molar-refractivity contribution in [2.45, 2.75) is 19.9 Å². The van der Waals surface area contributed by atoms with E-state index in [-0.39, 0.29) is 5.56 Å². The van der Waals surface area contributed by atoms with Gasteiger partial charge in [0.15, 0.2) is 0 Å². The third-order valence-electron chi connectivity index (χ3n) is 3.25. The topological polar surface area (TPSA) is 12.0 Å². The fourth-order valence-electron chi connectivity index (χ4n) is 2.28. The third-order valence-corrected chi connectivity index (χ3v) is 3.74. The Morgan fingerprint density at radius 1 is 1.15 bits per heavy atom. The summed E-state index contributed by atoms with van der Waals surface area (Å²) in [6.45, 7) is 4.47. The van der Waals surface area contributed by atoms with Crippen molar-refractivity contribution in [3.05, 3.63) is 69.2 Å². The van der Waals surface area contributed by atoms with Gasteiger partial charge in [0.25, 0.3) is 0 Å². The number of aryl methyl sites for hydroxylation is 1. The minimum absolute atomic E-state index is 0.0653. The van der Waals surface area contributed by atoms with Gasteiger partial charge in [-0.2, -0.15) is 0 Å². The van der Waals surface area contributed by atoms with E-state index in [1.54, 1.807) is 0 Å². The molecule has 0 bridgehead atoms. The summed E-state index contributed by atoms with van der Waals surface area (Å²) < 4.78 is 29.0. The van der Waals surface area contributed by atoms with Gasteiger partial charge in [0, 0.05) is 10.0 Å². The maximum atomic E-state index is 14.1. The summed E-state index contributed by atoms with van der Waals surface area (Å²) in [4.78, 5) is 0. The summed E-state index contributed by atoms with van der Waals surface area (Å²) in [5.41, 5.74) is 1.92. The molecule has 0 saturated carbocycles. The van der Waals surface area contributed by atoms with Crippen LogP contribution in [0, 0.1) is 18.6 Å². The maximum Gasteiger partial charge on any atom is 0.131 e. The Hall–Kier alpha value is -1.26. The van der Waals surface area contributed by atoms with E-state index in [2.05, 4.69) is 21.2 Å². The van der Waals surface area contributed by atoms with E-state index in [0.29, 0.717) is 6.54 Å². The van der Waals surface area contributed by atoms with Crippen molar-refractivity contribution in [1.82, 2.24) is 5.32 Å². The molecule has 0 aliphatic carbocycles. The van der Waals surface area contributed by atoms with Gasteiger partial charge in [-0.15, -0.1) is 0 Å². The van der Waals surface area contributed by atoms with Crippen molar-refractivity contribution in [2.24, 2.45) is 0 Å². The zero-order chi connectivity index (χ0) is 14.7. The molecule has 0 aromatic heterocycles. The van der Waals surface area contributed by atoms with Gasteiger partial charge >= 0.3 is 0 Å². The highest BCUT2D eigenvalue weighted by Gasteiger charge is 2.22. The van der Waals surface area contributed by atoms with Gasteiger partial charge in [-0.3, -0.25) is 0 Å². The third kappa shape index (κ3) is 3.07. The Balaban J connectivity index is 2.59. The first kappa shape index (κ1) is 15.1. The van der Waals surface area contributed by atoms with E-state index < -0.39 is 17.7 Å². The lowest BCUT2D eigenvalue weighted by Crippen LogP contribution is -2.25. The summed E-state index contributed by atoms with van der Waals surface area (Å²) in [5, 5.41) is 3.16. The molecule has 0 heterocycles. The van der Waals surface area contributed by atoms with Crippen molar-refractivity contribution in [3.8, 4) is 0 Å². The normalized spacial score (nSPS) is 12.4. The lowest BCUT2D eigenvalue weighted by molar-refractivity contribution is 0.509. The number of hydrogen-bond donors (Lipinski definition) is 1. The first-order valence-electron chi connectivity index (χ1n) is 6.48.